The molecule has 1 N–H and O–H groups in total. The molecule has 0 bridgehead atoms. The number of furan rings is 1. The van der Waals surface area contributed by atoms with Crippen molar-refractivity contribution < 1.29 is 23.2 Å². The number of amides is 1. The molecule has 2 heterocycles. The number of methoxy groups -OCH3 is 2. The molecule has 1 amide bonds. The van der Waals surface area contributed by atoms with Crippen LogP contribution in [0.5, 0.6) is 5.75 Å². The molecule has 0 unspecified atom stereocenters. The van der Waals surface area contributed by atoms with E-state index in [1.54, 1.807) is 46.3 Å². The molecule has 7 nitrogen and oxygen atoms in total. The number of hydrogen-bond donors (Lipinski definition) is 1. The third kappa shape index (κ3) is 2.74. The Hall–Kier alpha value is -2.80. The van der Waals surface area contributed by atoms with Crippen molar-refractivity contribution in [3.05, 3.63) is 41.0 Å². The number of ether oxygens (including phenoxy) is 2. The van der Waals surface area contributed by atoms with Gasteiger partial charge in [0.05, 0.1) is 12.7 Å². The molecule has 7 heteroatoms. The summed E-state index contributed by atoms with van der Waals surface area (Å²) in [5.74, 6) is 1.45. The van der Waals surface area contributed by atoms with Crippen LogP contribution in [0.4, 0.5) is 5.69 Å². The van der Waals surface area contributed by atoms with E-state index < -0.39 is 0 Å². The summed E-state index contributed by atoms with van der Waals surface area (Å²) in [6, 6.07) is 5.18. The number of aryl methyl sites for hydroxylation is 2. The van der Waals surface area contributed by atoms with Crippen LogP contribution in [0.3, 0.4) is 0 Å². The highest BCUT2D eigenvalue weighted by Crippen LogP contribution is 2.32. The van der Waals surface area contributed by atoms with Gasteiger partial charge in [0.1, 0.15) is 23.7 Å². The second-order valence-corrected chi connectivity index (χ2v) is 5.36. The molecule has 0 aliphatic carbocycles. The minimum Gasteiger partial charge on any atom is -0.493 e. The molecule has 0 radical (unpaired) electrons. The van der Waals surface area contributed by atoms with E-state index >= 15 is 0 Å². The molecule has 1 aromatic carbocycles. The van der Waals surface area contributed by atoms with Gasteiger partial charge in [-0.2, -0.15) is 0 Å². The van der Waals surface area contributed by atoms with Crippen LogP contribution in [0.15, 0.2) is 27.1 Å². The first kappa shape index (κ1) is 16.1. The minimum absolute atomic E-state index is 0.276. The number of hydrogen-bond acceptors (Lipinski definition) is 6. The van der Waals surface area contributed by atoms with Crippen molar-refractivity contribution in [1.82, 2.24) is 5.16 Å². The van der Waals surface area contributed by atoms with E-state index in [4.69, 9.17) is 18.4 Å². The van der Waals surface area contributed by atoms with Gasteiger partial charge in [-0.3, -0.25) is 4.79 Å². The minimum atomic E-state index is -0.276. The largest absolute Gasteiger partial charge is 0.493 e. The lowest BCUT2D eigenvalue weighted by Gasteiger charge is -2.07. The molecule has 0 saturated heterocycles. The van der Waals surface area contributed by atoms with E-state index in [0.717, 1.165) is 0 Å². The second-order valence-electron chi connectivity index (χ2n) is 5.36. The van der Waals surface area contributed by atoms with Gasteiger partial charge in [-0.15, -0.1) is 0 Å². The summed E-state index contributed by atoms with van der Waals surface area (Å²) in [5.41, 5.74) is 2.18. The maximum absolute atomic E-state index is 12.7. The highest BCUT2D eigenvalue weighted by molar-refractivity contribution is 6.13. The topological polar surface area (TPSA) is 86.7 Å². The van der Waals surface area contributed by atoms with Crippen LogP contribution >= 0.6 is 0 Å². The van der Waals surface area contributed by atoms with Gasteiger partial charge >= 0.3 is 0 Å². The normalized spacial score (nSPS) is 11.0. The number of benzene rings is 1. The molecule has 0 spiro atoms. The highest BCUT2D eigenvalue weighted by Gasteiger charge is 2.20. The Bertz CT molecular complexity index is 874. The first-order chi connectivity index (χ1) is 11.5. The summed E-state index contributed by atoms with van der Waals surface area (Å²) in [6.07, 6.45) is 0. The third-order valence-corrected chi connectivity index (χ3v) is 3.72. The number of nitrogens with one attached hydrogen (secondary N) is 1. The van der Waals surface area contributed by atoms with Crippen molar-refractivity contribution >= 4 is 22.6 Å². The molecule has 126 valence electrons. The monoisotopic (exact) mass is 330 g/mol. The lowest BCUT2D eigenvalue weighted by molar-refractivity contribution is 0.102. The zero-order valence-electron chi connectivity index (χ0n) is 13.9. The van der Waals surface area contributed by atoms with Crippen molar-refractivity contribution in [2.24, 2.45) is 0 Å². The number of nitrogens with zero attached hydrogens (tertiary/aromatic N) is 1. The number of anilines is 1. The van der Waals surface area contributed by atoms with Gasteiger partial charge in [0.2, 0.25) is 0 Å². The summed E-state index contributed by atoms with van der Waals surface area (Å²) in [7, 11) is 3.13. The molecule has 0 fully saturated rings. The Morgan fingerprint density at radius 2 is 2.08 bits per heavy atom. The van der Waals surface area contributed by atoms with Gasteiger partial charge in [0.15, 0.2) is 17.1 Å². The Morgan fingerprint density at radius 1 is 1.29 bits per heavy atom. The Kier molecular flexibility index (Phi) is 4.26. The Balaban J connectivity index is 2.03. The summed E-state index contributed by atoms with van der Waals surface area (Å²) >= 11 is 0. The zero-order valence-corrected chi connectivity index (χ0v) is 13.9. The van der Waals surface area contributed by atoms with E-state index in [1.807, 2.05) is 0 Å². The molecule has 0 aliphatic rings. The van der Waals surface area contributed by atoms with Crippen LogP contribution in [-0.2, 0) is 11.3 Å². The van der Waals surface area contributed by atoms with Gasteiger partial charge in [-0.1, -0.05) is 5.16 Å². The smallest absolute Gasteiger partial charge is 0.256 e. The third-order valence-electron chi connectivity index (χ3n) is 3.72. The predicted octanol–water partition coefficient (Wildman–Crippen LogP) is 3.44. The second kappa shape index (κ2) is 6.37. The number of carbonyl (C=O) groups excluding carboxylic acids is 1. The first-order valence-corrected chi connectivity index (χ1v) is 7.37. The summed E-state index contributed by atoms with van der Waals surface area (Å²) in [6.45, 7) is 3.82. The van der Waals surface area contributed by atoms with E-state index in [1.165, 1.54) is 0 Å². The molecule has 0 saturated carbocycles. The van der Waals surface area contributed by atoms with Gasteiger partial charge < -0.3 is 23.7 Å². The van der Waals surface area contributed by atoms with Crippen LogP contribution in [-0.4, -0.2) is 25.3 Å². The van der Waals surface area contributed by atoms with Gasteiger partial charge in [-0.05, 0) is 32.0 Å². The van der Waals surface area contributed by atoms with Crippen molar-refractivity contribution in [3.8, 4) is 5.75 Å². The SMILES string of the molecule is COCc1cc2c(C(=O)Nc3c(C)noc3C)ccc(OC)c2o1. The molecule has 24 heavy (non-hydrogen) atoms. The number of aromatic nitrogens is 1. The van der Waals surface area contributed by atoms with Crippen LogP contribution in [0, 0.1) is 13.8 Å². The molecule has 0 aliphatic heterocycles. The Morgan fingerprint density at radius 3 is 2.71 bits per heavy atom. The molecular formula is C17H18N2O5. The van der Waals surface area contributed by atoms with E-state index in [-0.39, 0.29) is 5.91 Å². The van der Waals surface area contributed by atoms with Crippen LogP contribution in [0.2, 0.25) is 0 Å². The van der Waals surface area contributed by atoms with Gasteiger partial charge in [0, 0.05) is 12.5 Å². The first-order valence-electron chi connectivity index (χ1n) is 7.37. The quantitative estimate of drug-likeness (QED) is 0.771. The summed E-state index contributed by atoms with van der Waals surface area (Å²) in [4.78, 5) is 12.7. The van der Waals surface area contributed by atoms with E-state index in [2.05, 4.69) is 10.5 Å². The molecule has 3 aromatic rings. The van der Waals surface area contributed by atoms with Crippen molar-refractivity contribution in [2.45, 2.75) is 20.5 Å². The van der Waals surface area contributed by atoms with Crippen molar-refractivity contribution in [2.75, 3.05) is 19.5 Å². The van der Waals surface area contributed by atoms with Crippen LogP contribution in [0.1, 0.15) is 27.6 Å². The standard InChI is InChI=1S/C17H18N2O5/c1-9-15(10(2)24-19-9)18-17(20)12-5-6-14(22-4)16-13(12)7-11(23-16)8-21-3/h5-7H,8H2,1-4H3,(H,18,20). The van der Waals surface area contributed by atoms with E-state index in [9.17, 15) is 4.79 Å². The molecular weight excluding hydrogens is 312 g/mol. The summed E-state index contributed by atoms with van der Waals surface area (Å²) < 4.78 is 21.2. The van der Waals surface area contributed by atoms with Gasteiger partial charge in [0.25, 0.3) is 5.91 Å². The molecule has 3 rings (SSSR count). The number of fused-ring (bicyclic) bond motifs is 1. The highest BCUT2D eigenvalue weighted by atomic mass is 16.5. The molecule has 2 aromatic heterocycles. The zero-order chi connectivity index (χ0) is 17.3. The molecule has 0 atom stereocenters. The average Bonchev–Trinajstić information content (AvgIpc) is 3.12. The Labute approximate surface area is 138 Å². The fourth-order valence-corrected chi connectivity index (χ4v) is 2.56. The maximum atomic E-state index is 12.7. The van der Waals surface area contributed by atoms with Crippen molar-refractivity contribution in [3.63, 3.8) is 0 Å². The number of carbonyl (C=O) groups is 1. The summed E-state index contributed by atoms with van der Waals surface area (Å²) in [5, 5.41) is 7.33. The number of rotatable bonds is 5. The van der Waals surface area contributed by atoms with Crippen LogP contribution in [0.25, 0.3) is 11.0 Å². The lowest BCUT2D eigenvalue weighted by Crippen LogP contribution is -2.13. The fraction of sp³-hybridized carbons (Fsp3) is 0.294. The fourth-order valence-electron chi connectivity index (χ4n) is 2.56. The van der Waals surface area contributed by atoms with Crippen molar-refractivity contribution in [1.29, 1.82) is 0 Å². The lowest BCUT2D eigenvalue weighted by atomic mass is 10.1. The average molecular weight is 330 g/mol. The van der Waals surface area contributed by atoms with E-state index in [0.29, 0.717) is 51.8 Å². The van der Waals surface area contributed by atoms with Crippen LogP contribution < -0.4 is 10.1 Å². The maximum Gasteiger partial charge on any atom is 0.256 e. The van der Waals surface area contributed by atoms with Gasteiger partial charge in [-0.25, -0.2) is 0 Å². The predicted molar refractivity (Wildman–Crippen MR) is 87.4 cm³/mol.